The average Bonchev–Trinajstić information content (AvgIpc) is 2.38. The molecule has 1 aromatic heterocycles. The second-order valence-corrected chi connectivity index (χ2v) is 5.67. The van der Waals surface area contributed by atoms with Gasteiger partial charge in [-0.3, -0.25) is 0 Å². The Morgan fingerprint density at radius 3 is 2.90 bits per heavy atom. The summed E-state index contributed by atoms with van der Waals surface area (Å²) in [6.07, 6.45) is 5.31. The fourth-order valence-corrected chi connectivity index (χ4v) is 2.47. The van der Waals surface area contributed by atoms with Gasteiger partial charge < -0.3 is 9.72 Å². The molecule has 0 saturated heterocycles. The van der Waals surface area contributed by atoms with Crippen molar-refractivity contribution in [3.8, 4) is 0 Å². The molecule has 110 valence electrons. The van der Waals surface area contributed by atoms with E-state index in [0.29, 0.717) is 10.6 Å². The van der Waals surface area contributed by atoms with Crippen molar-refractivity contribution in [3.05, 3.63) is 34.9 Å². The molecule has 1 aromatic rings. The first kappa shape index (κ1) is 16.5. The van der Waals surface area contributed by atoms with Gasteiger partial charge in [0, 0.05) is 11.8 Å². The molecule has 0 fully saturated rings. The van der Waals surface area contributed by atoms with Crippen molar-refractivity contribution < 1.29 is 9.53 Å². The van der Waals surface area contributed by atoms with Crippen LogP contribution in [-0.2, 0) is 9.53 Å². The zero-order chi connectivity index (χ0) is 15.0. The van der Waals surface area contributed by atoms with Crippen molar-refractivity contribution in [1.29, 1.82) is 0 Å². The lowest BCUT2D eigenvalue weighted by molar-refractivity contribution is -0.140. The van der Waals surface area contributed by atoms with Crippen LogP contribution in [-0.4, -0.2) is 21.4 Å². The van der Waals surface area contributed by atoms with Gasteiger partial charge in [-0.1, -0.05) is 38.1 Å². The van der Waals surface area contributed by atoms with Gasteiger partial charge in [-0.25, -0.2) is 14.6 Å². The van der Waals surface area contributed by atoms with E-state index in [1.54, 1.807) is 13.0 Å². The van der Waals surface area contributed by atoms with Crippen LogP contribution in [0.3, 0.4) is 0 Å². The van der Waals surface area contributed by atoms with Crippen LogP contribution in [0.4, 0.5) is 0 Å². The molecule has 0 aromatic carbocycles. The molecule has 0 amide bonds. The highest BCUT2D eigenvalue weighted by Gasteiger charge is 2.16. The SMILES string of the molecule is C=C(C)C(=O)OC(CCCCC)Sc1ccnc(=O)[nH]1. The lowest BCUT2D eigenvalue weighted by atomic mass is 10.2. The quantitative estimate of drug-likeness (QED) is 0.199. The highest BCUT2D eigenvalue weighted by atomic mass is 32.2. The molecule has 0 radical (unpaired) electrons. The topological polar surface area (TPSA) is 72.0 Å². The maximum atomic E-state index is 11.6. The van der Waals surface area contributed by atoms with E-state index in [-0.39, 0.29) is 5.44 Å². The summed E-state index contributed by atoms with van der Waals surface area (Å²) in [5.41, 5.74) is -0.369. The van der Waals surface area contributed by atoms with Crippen molar-refractivity contribution >= 4 is 17.7 Å². The van der Waals surface area contributed by atoms with Gasteiger partial charge in [-0.05, 0) is 25.8 Å². The Labute approximate surface area is 122 Å². The third-order valence-corrected chi connectivity index (χ3v) is 3.62. The number of carbonyl (C=O) groups is 1. The summed E-state index contributed by atoms with van der Waals surface area (Å²) in [4.78, 5) is 29.0. The number of nitrogens with zero attached hydrogens (tertiary/aromatic N) is 1. The van der Waals surface area contributed by atoms with Crippen molar-refractivity contribution in [1.82, 2.24) is 9.97 Å². The van der Waals surface area contributed by atoms with Gasteiger partial charge in [-0.15, -0.1) is 0 Å². The van der Waals surface area contributed by atoms with E-state index in [4.69, 9.17) is 4.74 Å². The Bertz CT molecular complexity index is 513. The smallest absolute Gasteiger partial charge is 0.345 e. The third kappa shape index (κ3) is 6.06. The van der Waals surface area contributed by atoms with Crippen LogP contribution < -0.4 is 5.69 Å². The van der Waals surface area contributed by atoms with Gasteiger partial charge in [0.2, 0.25) is 0 Å². The van der Waals surface area contributed by atoms with Crippen LogP contribution in [0, 0.1) is 0 Å². The molecule has 1 N–H and O–H groups in total. The Morgan fingerprint density at radius 1 is 1.55 bits per heavy atom. The van der Waals surface area contributed by atoms with Crippen molar-refractivity contribution in [2.45, 2.75) is 50.0 Å². The Hall–Kier alpha value is -1.56. The summed E-state index contributed by atoms with van der Waals surface area (Å²) in [6, 6.07) is 1.69. The summed E-state index contributed by atoms with van der Waals surface area (Å²) in [6.45, 7) is 7.30. The lowest BCUT2D eigenvalue weighted by Crippen LogP contribution is -2.17. The summed E-state index contributed by atoms with van der Waals surface area (Å²) in [7, 11) is 0. The first-order valence-electron chi connectivity index (χ1n) is 6.61. The van der Waals surface area contributed by atoms with Crippen molar-refractivity contribution in [3.63, 3.8) is 0 Å². The predicted molar refractivity (Wildman–Crippen MR) is 79.6 cm³/mol. The van der Waals surface area contributed by atoms with E-state index in [1.807, 2.05) is 0 Å². The molecule has 1 rings (SSSR count). The normalized spacial score (nSPS) is 11.9. The number of aromatic nitrogens is 2. The Kier molecular flexibility index (Phi) is 7.08. The first-order valence-corrected chi connectivity index (χ1v) is 7.49. The number of carbonyl (C=O) groups excluding carboxylic acids is 1. The van der Waals surface area contributed by atoms with Crippen LogP contribution in [0.2, 0.25) is 0 Å². The number of esters is 1. The molecule has 0 aliphatic rings. The highest BCUT2D eigenvalue weighted by molar-refractivity contribution is 7.99. The monoisotopic (exact) mass is 296 g/mol. The van der Waals surface area contributed by atoms with E-state index in [2.05, 4.69) is 23.5 Å². The van der Waals surface area contributed by atoms with E-state index in [9.17, 15) is 9.59 Å². The molecule has 1 unspecified atom stereocenters. The van der Waals surface area contributed by atoms with Crippen LogP contribution in [0.5, 0.6) is 0 Å². The van der Waals surface area contributed by atoms with E-state index >= 15 is 0 Å². The Balaban J connectivity index is 2.68. The molecule has 1 atom stereocenters. The van der Waals surface area contributed by atoms with Crippen LogP contribution in [0.1, 0.15) is 39.5 Å². The minimum Gasteiger partial charge on any atom is -0.448 e. The molecule has 0 bridgehead atoms. The molecule has 0 spiro atoms. The number of ether oxygens (including phenoxy) is 1. The molecule has 20 heavy (non-hydrogen) atoms. The summed E-state index contributed by atoms with van der Waals surface area (Å²) >= 11 is 1.32. The van der Waals surface area contributed by atoms with Crippen LogP contribution in [0.25, 0.3) is 0 Å². The Morgan fingerprint density at radius 2 is 2.30 bits per heavy atom. The molecule has 0 aliphatic carbocycles. The molecule has 0 saturated carbocycles. The maximum Gasteiger partial charge on any atom is 0.345 e. The first-order chi connectivity index (χ1) is 9.52. The zero-order valence-electron chi connectivity index (χ0n) is 11.8. The number of rotatable bonds is 8. The number of hydrogen-bond donors (Lipinski definition) is 1. The van der Waals surface area contributed by atoms with Crippen LogP contribution in [0.15, 0.2) is 34.2 Å². The maximum absolute atomic E-state index is 11.6. The highest BCUT2D eigenvalue weighted by Crippen LogP contribution is 2.26. The van der Waals surface area contributed by atoms with Crippen molar-refractivity contribution in [2.75, 3.05) is 0 Å². The van der Waals surface area contributed by atoms with E-state index in [1.165, 1.54) is 18.0 Å². The number of H-pyrrole nitrogens is 1. The summed E-state index contributed by atoms with van der Waals surface area (Å²) in [5, 5.41) is 0.640. The minimum atomic E-state index is -0.409. The zero-order valence-corrected chi connectivity index (χ0v) is 12.7. The number of unbranched alkanes of at least 4 members (excludes halogenated alkanes) is 2. The number of aromatic amines is 1. The predicted octanol–water partition coefficient (Wildman–Crippen LogP) is 2.89. The number of thioether (sulfide) groups is 1. The van der Waals surface area contributed by atoms with E-state index < -0.39 is 11.7 Å². The number of hydrogen-bond acceptors (Lipinski definition) is 5. The second-order valence-electron chi connectivity index (χ2n) is 4.47. The minimum absolute atomic E-state index is 0.330. The van der Waals surface area contributed by atoms with Gasteiger partial charge in [0.05, 0.1) is 5.03 Å². The third-order valence-electron chi connectivity index (χ3n) is 2.54. The van der Waals surface area contributed by atoms with Crippen LogP contribution >= 0.6 is 11.8 Å². The number of nitrogens with one attached hydrogen (secondary N) is 1. The summed E-state index contributed by atoms with van der Waals surface area (Å²) in [5.74, 6) is -0.407. The molecular formula is C14H20N2O3S. The molecule has 5 nitrogen and oxygen atoms in total. The van der Waals surface area contributed by atoms with Gasteiger partial charge >= 0.3 is 11.7 Å². The molecular weight excluding hydrogens is 276 g/mol. The second kappa shape index (κ2) is 8.58. The lowest BCUT2D eigenvalue weighted by Gasteiger charge is -2.17. The van der Waals surface area contributed by atoms with Gasteiger partial charge in [0.25, 0.3) is 0 Å². The van der Waals surface area contributed by atoms with Crippen molar-refractivity contribution in [2.24, 2.45) is 0 Å². The molecule has 6 heteroatoms. The standard InChI is InChI=1S/C14H20N2O3S/c1-4-5-6-7-12(19-13(17)10(2)3)20-11-8-9-15-14(18)16-11/h8-9,12H,2,4-7H2,1,3H3,(H,15,16,18). The van der Waals surface area contributed by atoms with E-state index in [0.717, 1.165) is 25.7 Å². The molecule has 0 aliphatic heterocycles. The van der Waals surface area contributed by atoms with Gasteiger partial charge in [0.15, 0.2) is 5.44 Å². The van der Waals surface area contributed by atoms with Gasteiger partial charge in [0.1, 0.15) is 0 Å². The largest absolute Gasteiger partial charge is 0.448 e. The average molecular weight is 296 g/mol. The fraction of sp³-hybridized carbons (Fsp3) is 0.500. The van der Waals surface area contributed by atoms with Gasteiger partial charge in [-0.2, -0.15) is 0 Å². The molecule has 1 heterocycles. The fourth-order valence-electron chi connectivity index (χ4n) is 1.49. The summed E-state index contributed by atoms with van der Waals surface area (Å²) < 4.78 is 5.38.